The minimum Gasteiger partial charge on any atom is -0.459 e. The first-order valence-corrected chi connectivity index (χ1v) is 7.64. The number of nitrogen functional groups attached to an aromatic ring is 1. The van der Waals surface area contributed by atoms with Gasteiger partial charge in [0.05, 0.1) is 6.04 Å². The quantitative estimate of drug-likeness (QED) is 0.740. The van der Waals surface area contributed by atoms with Crippen molar-refractivity contribution >= 4 is 22.9 Å². The Labute approximate surface area is 141 Å². The third-order valence-electron chi connectivity index (χ3n) is 3.69. The molecule has 0 aliphatic carbocycles. The number of anilines is 2. The molecule has 3 N–H and O–H groups in total. The van der Waals surface area contributed by atoms with Crippen LogP contribution in [0.5, 0.6) is 0 Å². The predicted octanol–water partition coefficient (Wildman–Crippen LogP) is 3.95. The van der Waals surface area contributed by atoms with Gasteiger partial charge >= 0.3 is 6.18 Å². The number of fused-ring (bicyclic) bond motifs is 1. The van der Waals surface area contributed by atoms with Crippen LogP contribution in [0.15, 0.2) is 28.7 Å². The summed E-state index contributed by atoms with van der Waals surface area (Å²) in [5.41, 5.74) is 7.19. The van der Waals surface area contributed by atoms with Crippen LogP contribution in [0.4, 0.5) is 25.1 Å². The molecule has 2 aromatic heterocycles. The number of aryl methyl sites for hydroxylation is 1. The van der Waals surface area contributed by atoms with E-state index in [0.717, 1.165) is 17.4 Å². The van der Waals surface area contributed by atoms with E-state index in [0.29, 0.717) is 11.3 Å². The van der Waals surface area contributed by atoms with Gasteiger partial charge in [-0.2, -0.15) is 28.1 Å². The Bertz CT molecular complexity index is 906. The first-order valence-electron chi connectivity index (χ1n) is 7.64. The molecule has 2 heterocycles. The highest BCUT2D eigenvalue weighted by atomic mass is 19.4. The number of alkyl halides is 3. The summed E-state index contributed by atoms with van der Waals surface area (Å²) >= 11 is 0. The van der Waals surface area contributed by atoms with Gasteiger partial charge in [0.25, 0.3) is 0 Å². The van der Waals surface area contributed by atoms with E-state index < -0.39 is 24.0 Å². The molecular weight excluding hydrogens is 335 g/mol. The highest BCUT2D eigenvalue weighted by molar-refractivity contribution is 5.78. The summed E-state index contributed by atoms with van der Waals surface area (Å²) in [6, 6.07) is 7.24. The van der Waals surface area contributed by atoms with E-state index in [9.17, 15) is 13.2 Å². The fraction of sp³-hybridized carbons (Fsp3) is 0.312. The highest BCUT2D eigenvalue weighted by Gasteiger charge is 2.35. The van der Waals surface area contributed by atoms with E-state index in [1.807, 2.05) is 31.2 Å². The number of rotatable bonds is 4. The van der Waals surface area contributed by atoms with E-state index in [1.165, 1.54) is 0 Å². The third kappa shape index (κ3) is 3.65. The van der Waals surface area contributed by atoms with Crippen molar-refractivity contribution in [1.82, 2.24) is 15.0 Å². The van der Waals surface area contributed by atoms with E-state index in [4.69, 9.17) is 10.2 Å². The monoisotopic (exact) mass is 351 g/mol. The molecule has 1 unspecified atom stereocenters. The maximum absolute atomic E-state index is 12.8. The van der Waals surface area contributed by atoms with Crippen molar-refractivity contribution in [1.29, 1.82) is 0 Å². The lowest BCUT2D eigenvalue weighted by Crippen LogP contribution is -2.17. The molecule has 1 atom stereocenters. The molecule has 25 heavy (non-hydrogen) atoms. The number of benzene rings is 1. The van der Waals surface area contributed by atoms with Gasteiger partial charge in [0.1, 0.15) is 11.3 Å². The molecule has 0 radical (unpaired) electrons. The lowest BCUT2D eigenvalue weighted by molar-refractivity contribution is -0.144. The van der Waals surface area contributed by atoms with Crippen LogP contribution in [0.2, 0.25) is 0 Å². The Morgan fingerprint density at radius 3 is 2.64 bits per heavy atom. The summed E-state index contributed by atoms with van der Waals surface area (Å²) in [4.78, 5) is 10.2. The van der Waals surface area contributed by atoms with Crippen LogP contribution in [0.3, 0.4) is 0 Å². The Kier molecular flexibility index (Phi) is 4.23. The first-order chi connectivity index (χ1) is 11.8. The standard InChI is InChI=1S/C16H16F3N5O/c1-3-9-4-5-10-7-11(25-12(10)6-9)8(2)21-15-23-13(16(17,18)19)22-14(20)24-15/h4-8H,3H2,1-2H3,(H3,20,21,22,23,24). The van der Waals surface area contributed by atoms with Gasteiger partial charge < -0.3 is 15.5 Å². The van der Waals surface area contributed by atoms with Crippen LogP contribution in [-0.4, -0.2) is 15.0 Å². The minimum atomic E-state index is -4.70. The van der Waals surface area contributed by atoms with Crippen LogP contribution in [0.1, 0.15) is 37.0 Å². The lowest BCUT2D eigenvalue weighted by Gasteiger charge is -2.13. The molecule has 0 saturated heterocycles. The Hall–Kier alpha value is -2.84. The summed E-state index contributed by atoms with van der Waals surface area (Å²) < 4.78 is 44.1. The van der Waals surface area contributed by atoms with Gasteiger partial charge in [-0.05, 0) is 31.0 Å². The van der Waals surface area contributed by atoms with Crippen molar-refractivity contribution < 1.29 is 17.6 Å². The molecule has 1 aromatic carbocycles. The first kappa shape index (κ1) is 17.0. The van der Waals surface area contributed by atoms with Crippen LogP contribution in [0, 0.1) is 0 Å². The molecule has 3 aromatic rings. The second-order valence-corrected chi connectivity index (χ2v) is 5.58. The number of hydrogen-bond donors (Lipinski definition) is 2. The zero-order chi connectivity index (χ0) is 18.2. The van der Waals surface area contributed by atoms with Crippen LogP contribution in [-0.2, 0) is 12.6 Å². The fourth-order valence-corrected chi connectivity index (χ4v) is 2.38. The number of nitrogens with zero attached hydrogens (tertiary/aromatic N) is 3. The topological polar surface area (TPSA) is 89.9 Å². The zero-order valence-corrected chi connectivity index (χ0v) is 13.6. The van der Waals surface area contributed by atoms with Gasteiger partial charge in [-0.1, -0.05) is 19.1 Å². The molecule has 9 heteroatoms. The summed E-state index contributed by atoms with van der Waals surface area (Å²) in [6.07, 6.45) is -3.82. The summed E-state index contributed by atoms with van der Waals surface area (Å²) in [5, 5.41) is 3.67. The Balaban J connectivity index is 1.87. The Morgan fingerprint density at radius 1 is 1.20 bits per heavy atom. The fourth-order valence-electron chi connectivity index (χ4n) is 2.38. The number of furan rings is 1. The van der Waals surface area contributed by atoms with E-state index in [1.54, 1.807) is 6.92 Å². The number of halogens is 3. The lowest BCUT2D eigenvalue weighted by atomic mass is 10.1. The molecule has 132 valence electrons. The summed E-state index contributed by atoms with van der Waals surface area (Å²) in [7, 11) is 0. The molecular formula is C16H16F3N5O. The number of aromatic nitrogens is 3. The van der Waals surface area contributed by atoms with E-state index >= 15 is 0 Å². The molecule has 3 rings (SSSR count). The molecule has 0 aliphatic rings. The molecule has 0 fully saturated rings. The summed E-state index contributed by atoms with van der Waals surface area (Å²) in [6.45, 7) is 3.77. The van der Waals surface area contributed by atoms with E-state index in [-0.39, 0.29) is 5.95 Å². The van der Waals surface area contributed by atoms with Crippen molar-refractivity contribution in [2.45, 2.75) is 32.5 Å². The van der Waals surface area contributed by atoms with Crippen LogP contribution in [0.25, 0.3) is 11.0 Å². The molecule has 0 amide bonds. The summed E-state index contributed by atoms with van der Waals surface area (Å²) in [5.74, 6) is -1.56. The van der Waals surface area contributed by atoms with Gasteiger partial charge in [0.15, 0.2) is 0 Å². The zero-order valence-electron chi connectivity index (χ0n) is 13.6. The molecule has 0 saturated carbocycles. The van der Waals surface area contributed by atoms with Gasteiger partial charge in [-0.25, -0.2) is 0 Å². The molecule has 6 nitrogen and oxygen atoms in total. The second kappa shape index (κ2) is 6.23. The Morgan fingerprint density at radius 2 is 1.96 bits per heavy atom. The van der Waals surface area contributed by atoms with Gasteiger partial charge in [-0.15, -0.1) is 0 Å². The van der Waals surface area contributed by atoms with Crippen molar-refractivity contribution in [3.05, 3.63) is 41.4 Å². The minimum absolute atomic E-state index is 0.262. The van der Waals surface area contributed by atoms with Gasteiger partial charge in [0.2, 0.25) is 17.7 Å². The smallest absolute Gasteiger partial charge is 0.451 e. The van der Waals surface area contributed by atoms with E-state index in [2.05, 4.69) is 20.3 Å². The average Bonchev–Trinajstić information content (AvgIpc) is 2.96. The molecule has 0 spiro atoms. The highest BCUT2D eigenvalue weighted by Crippen LogP contribution is 2.29. The van der Waals surface area contributed by atoms with Crippen molar-refractivity contribution in [3.63, 3.8) is 0 Å². The van der Waals surface area contributed by atoms with Crippen LogP contribution < -0.4 is 11.1 Å². The second-order valence-electron chi connectivity index (χ2n) is 5.58. The predicted molar refractivity (Wildman–Crippen MR) is 86.9 cm³/mol. The SMILES string of the molecule is CCc1ccc2cc(C(C)Nc3nc(N)nc(C(F)(F)F)n3)oc2c1. The maximum Gasteiger partial charge on any atom is 0.451 e. The number of hydrogen-bond acceptors (Lipinski definition) is 6. The number of nitrogens with two attached hydrogens (primary N) is 1. The molecule has 0 bridgehead atoms. The average molecular weight is 351 g/mol. The largest absolute Gasteiger partial charge is 0.459 e. The maximum atomic E-state index is 12.8. The van der Waals surface area contributed by atoms with Crippen LogP contribution >= 0.6 is 0 Å². The molecule has 0 aliphatic heterocycles. The van der Waals surface area contributed by atoms with Gasteiger partial charge in [-0.3, -0.25) is 0 Å². The van der Waals surface area contributed by atoms with Crippen molar-refractivity contribution in [2.75, 3.05) is 11.1 Å². The van der Waals surface area contributed by atoms with Crippen molar-refractivity contribution in [3.8, 4) is 0 Å². The van der Waals surface area contributed by atoms with Gasteiger partial charge in [0, 0.05) is 5.39 Å². The normalized spacial score (nSPS) is 13.2. The third-order valence-corrected chi connectivity index (χ3v) is 3.69. The van der Waals surface area contributed by atoms with Crippen molar-refractivity contribution in [2.24, 2.45) is 0 Å². The number of nitrogens with one attached hydrogen (secondary N) is 1.